The second kappa shape index (κ2) is 4.21. The zero-order valence-electron chi connectivity index (χ0n) is 8.64. The lowest BCUT2D eigenvalue weighted by molar-refractivity contribution is 0.0686. The minimum Gasteiger partial charge on any atom is -0.476 e. The van der Waals surface area contributed by atoms with E-state index in [1.54, 1.807) is 0 Å². The van der Waals surface area contributed by atoms with Crippen molar-refractivity contribution in [2.45, 2.75) is 19.8 Å². The Morgan fingerprint density at radius 2 is 2.38 bits per heavy atom. The van der Waals surface area contributed by atoms with Gasteiger partial charge in [0.25, 0.3) is 0 Å². The fourth-order valence-electron chi connectivity index (χ4n) is 1.53. The zero-order valence-corrected chi connectivity index (χ0v) is 10.2. The summed E-state index contributed by atoms with van der Waals surface area (Å²) in [7, 11) is 0. The molecule has 0 saturated carbocycles. The number of carbonyl (C=O) groups is 1. The van der Waals surface area contributed by atoms with Crippen LogP contribution in [-0.2, 0) is 6.42 Å². The van der Waals surface area contributed by atoms with E-state index in [-0.39, 0.29) is 5.69 Å². The summed E-state index contributed by atoms with van der Waals surface area (Å²) in [4.78, 5) is 15.2. The number of carboxylic acid groups (broad SMARTS) is 1. The van der Waals surface area contributed by atoms with Crippen LogP contribution in [0.3, 0.4) is 0 Å². The maximum atomic E-state index is 11.1. The van der Waals surface area contributed by atoms with Crippen molar-refractivity contribution in [3.8, 4) is 0 Å². The molecular formula is C10H10BrN3O2. The van der Waals surface area contributed by atoms with Gasteiger partial charge in [0.1, 0.15) is 0 Å². The summed E-state index contributed by atoms with van der Waals surface area (Å²) in [5, 5.41) is 13.3. The second-order valence-electron chi connectivity index (χ2n) is 3.42. The number of fused-ring (bicyclic) bond motifs is 1. The van der Waals surface area contributed by atoms with E-state index < -0.39 is 5.97 Å². The van der Waals surface area contributed by atoms with Crippen LogP contribution < -0.4 is 0 Å². The molecule has 0 amide bonds. The monoisotopic (exact) mass is 283 g/mol. The van der Waals surface area contributed by atoms with Crippen molar-refractivity contribution >= 4 is 27.5 Å². The van der Waals surface area contributed by atoms with Gasteiger partial charge < -0.3 is 5.11 Å². The maximum absolute atomic E-state index is 11.1. The number of aryl methyl sites for hydroxylation is 1. The summed E-state index contributed by atoms with van der Waals surface area (Å²) in [5.74, 6) is -1.02. The van der Waals surface area contributed by atoms with Crippen LogP contribution in [0.4, 0.5) is 0 Å². The Morgan fingerprint density at radius 3 is 3.00 bits per heavy atom. The summed E-state index contributed by atoms with van der Waals surface area (Å²) in [5.41, 5.74) is 1.52. The van der Waals surface area contributed by atoms with Gasteiger partial charge in [-0.25, -0.2) is 14.3 Å². The zero-order chi connectivity index (χ0) is 11.7. The lowest BCUT2D eigenvalue weighted by atomic mass is 10.2. The van der Waals surface area contributed by atoms with E-state index in [4.69, 9.17) is 5.11 Å². The number of carboxylic acids is 1. The smallest absolute Gasteiger partial charge is 0.355 e. The molecule has 0 bridgehead atoms. The highest BCUT2D eigenvalue weighted by molar-refractivity contribution is 9.10. The fourth-order valence-corrected chi connectivity index (χ4v) is 1.97. The van der Waals surface area contributed by atoms with Gasteiger partial charge in [-0.2, -0.15) is 5.10 Å². The Labute approximate surface area is 100 Å². The second-order valence-corrected chi connectivity index (χ2v) is 4.27. The third kappa shape index (κ3) is 1.80. The largest absolute Gasteiger partial charge is 0.476 e. The Morgan fingerprint density at radius 1 is 1.62 bits per heavy atom. The normalized spacial score (nSPS) is 10.9. The van der Waals surface area contributed by atoms with Crippen molar-refractivity contribution in [2.75, 3.05) is 0 Å². The molecule has 2 aromatic heterocycles. The van der Waals surface area contributed by atoms with E-state index in [1.165, 1.54) is 10.7 Å². The number of rotatable bonds is 3. The van der Waals surface area contributed by atoms with Crippen LogP contribution in [0.2, 0.25) is 0 Å². The molecule has 0 aliphatic rings. The molecule has 2 rings (SSSR count). The van der Waals surface area contributed by atoms with Gasteiger partial charge in [0.05, 0.1) is 10.2 Å². The van der Waals surface area contributed by atoms with E-state index in [1.807, 2.05) is 13.0 Å². The van der Waals surface area contributed by atoms with Crippen molar-refractivity contribution < 1.29 is 9.90 Å². The van der Waals surface area contributed by atoms with Gasteiger partial charge >= 0.3 is 5.97 Å². The van der Waals surface area contributed by atoms with Crippen molar-refractivity contribution in [1.29, 1.82) is 0 Å². The highest BCUT2D eigenvalue weighted by Crippen LogP contribution is 2.17. The number of aromatic carboxylic acids is 1. The van der Waals surface area contributed by atoms with Gasteiger partial charge in [0.2, 0.25) is 0 Å². The average Bonchev–Trinajstić information content (AvgIpc) is 2.59. The van der Waals surface area contributed by atoms with Gasteiger partial charge in [-0.3, -0.25) is 0 Å². The molecule has 0 fully saturated rings. The topological polar surface area (TPSA) is 67.5 Å². The number of halogens is 1. The molecule has 84 valence electrons. The fraction of sp³-hybridized carbons (Fsp3) is 0.300. The van der Waals surface area contributed by atoms with Gasteiger partial charge in [0.15, 0.2) is 11.3 Å². The van der Waals surface area contributed by atoms with Crippen molar-refractivity contribution in [1.82, 2.24) is 14.6 Å². The first-order valence-corrected chi connectivity index (χ1v) is 5.69. The van der Waals surface area contributed by atoms with E-state index in [9.17, 15) is 4.79 Å². The molecular weight excluding hydrogens is 274 g/mol. The highest BCUT2D eigenvalue weighted by Gasteiger charge is 2.15. The molecule has 0 spiro atoms. The lowest BCUT2D eigenvalue weighted by Crippen LogP contribution is -2.08. The molecule has 0 atom stereocenters. The Hall–Kier alpha value is -1.43. The van der Waals surface area contributed by atoms with Crippen molar-refractivity contribution in [3.63, 3.8) is 0 Å². The van der Waals surface area contributed by atoms with Gasteiger partial charge in [0, 0.05) is 12.3 Å². The van der Waals surface area contributed by atoms with Crippen molar-refractivity contribution in [2.24, 2.45) is 0 Å². The molecule has 2 heterocycles. The molecule has 2 aromatic rings. The molecule has 0 aliphatic carbocycles. The predicted octanol–water partition coefficient (Wildman–Crippen LogP) is 2.14. The Balaban J connectivity index is 2.67. The molecule has 0 unspecified atom stereocenters. The summed E-state index contributed by atoms with van der Waals surface area (Å²) < 4.78 is 1.79. The molecule has 0 aromatic carbocycles. The van der Waals surface area contributed by atoms with E-state index in [0.717, 1.165) is 18.5 Å². The first-order chi connectivity index (χ1) is 7.63. The summed E-state index contributed by atoms with van der Waals surface area (Å²) >= 11 is 3.16. The van der Waals surface area contributed by atoms with E-state index in [0.29, 0.717) is 10.1 Å². The van der Waals surface area contributed by atoms with Gasteiger partial charge in [-0.15, -0.1) is 0 Å². The predicted molar refractivity (Wildman–Crippen MR) is 61.6 cm³/mol. The molecule has 0 radical (unpaired) electrons. The average molecular weight is 284 g/mol. The summed E-state index contributed by atoms with van der Waals surface area (Å²) in [6.45, 7) is 2.05. The van der Waals surface area contributed by atoms with Crippen LogP contribution >= 0.6 is 15.9 Å². The Kier molecular flexibility index (Phi) is 2.91. The van der Waals surface area contributed by atoms with Crippen molar-refractivity contribution in [3.05, 3.63) is 28.1 Å². The first kappa shape index (κ1) is 11.1. The quantitative estimate of drug-likeness (QED) is 0.937. The van der Waals surface area contributed by atoms with Crippen LogP contribution in [0.1, 0.15) is 29.5 Å². The number of hydrogen-bond donors (Lipinski definition) is 1. The molecule has 6 heteroatoms. The highest BCUT2D eigenvalue weighted by atomic mass is 79.9. The van der Waals surface area contributed by atoms with Crippen LogP contribution in [0, 0.1) is 0 Å². The lowest BCUT2D eigenvalue weighted by Gasteiger charge is -2.00. The molecule has 1 N–H and O–H groups in total. The number of hydrogen-bond acceptors (Lipinski definition) is 3. The first-order valence-electron chi connectivity index (χ1n) is 4.90. The summed E-state index contributed by atoms with van der Waals surface area (Å²) in [6.07, 6.45) is 3.27. The van der Waals surface area contributed by atoms with Gasteiger partial charge in [-0.05, 0) is 22.4 Å². The number of nitrogens with zero attached hydrogens (tertiary/aromatic N) is 3. The third-order valence-corrected chi connectivity index (χ3v) is 2.78. The Bertz CT molecular complexity index is 550. The molecule has 0 saturated heterocycles. The van der Waals surface area contributed by atoms with Crippen LogP contribution in [0.5, 0.6) is 0 Å². The minimum absolute atomic E-state index is 0.104. The molecule has 16 heavy (non-hydrogen) atoms. The molecule has 5 nitrogen and oxygen atoms in total. The van der Waals surface area contributed by atoms with E-state index >= 15 is 0 Å². The van der Waals surface area contributed by atoms with Gasteiger partial charge in [-0.1, -0.05) is 13.3 Å². The van der Waals surface area contributed by atoms with E-state index in [2.05, 4.69) is 26.0 Å². The van der Waals surface area contributed by atoms with Crippen LogP contribution in [0.15, 0.2) is 16.7 Å². The maximum Gasteiger partial charge on any atom is 0.355 e. The third-order valence-electron chi connectivity index (χ3n) is 2.20. The standard InChI is InChI=1S/C10H10BrN3O2/c1-2-3-6-4-8-12-5-7(11)9(10(15)16)14(8)13-6/h4-5H,2-3H2,1H3,(H,15,16). The van der Waals surface area contributed by atoms with Crippen LogP contribution in [-0.4, -0.2) is 25.7 Å². The summed E-state index contributed by atoms with van der Waals surface area (Å²) in [6, 6.07) is 1.81. The minimum atomic E-state index is -1.02. The SMILES string of the molecule is CCCc1cc2ncc(Br)c(C(=O)O)n2n1. The van der Waals surface area contributed by atoms with Crippen LogP contribution in [0.25, 0.3) is 5.65 Å². The number of aromatic nitrogens is 3. The molecule has 0 aliphatic heterocycles.